The van der Waals surface area contributed by atoms with Crippen LogP contribution in [0.2, 0.25) is 5.02 Å². The number of amides is 2. The topological polar surface area (TPSA) is 71.1 Å². The Labute approximate surface area is 157 Å². The van der Waals surface area contributed by atoms with Crippen molar-refractivity contribution in [2.45, 2.75) is 13.0 Å². The molecule has 0 aliphatic carbocycles. The van der Waals surface area contributed by atoms with E-state index in [0.717, 1.165) is 5.56 Å². The highest BCUT2D eigenvalue weighted by Gasteiger charge is 2.12. The number of nitrogens with one attached hydrogen (secondary N) is 2. The van der Waals surface area contributed by atoms with Crippen LogP contribution in [0.5, 0.6) is 0 Å². The standard InChI is InChI=1S/C17H14ClN3O2S2/c18-13-5-2-1-4-11(13)9-19-15(22)8-12-10-25-17(20-12)21-16(23)14-6-3-7-24-14/h1-7,10H,8-9H2,(H,19,22)(H,20,21,23). The SMILES string of the molecule is O=C(Cc1csc(NC(=O)c2cccs2)n1)NCc1ccccc1Cl. The fraction of sp³-hybridized carbons (Fsp3) is 0.118. The van der Waals surface area contributed by atoms with Gasteiger partial charge in [0.1, 0.15) is 0 Å². The molecule has 2 aromatic heterocycles. The number of nitrogens with zero attached hydrogens (tertiary/aromatic N) is 1. The lowest BCUT2D eigenvalue weighted by atomic mass is 10.2. The number of benzene rings is 1. The van der Waals surface area contributed by atoms with Crippen molar-refractivity contribution in [2.75, 3.05) is 5.32 Å². The summed E-state index contributed by atoms with van der Waals surface area (Å²) >= 11 is 8.72. The molecule has 2 heterocycles. The summed E-state index contributed by atoms with van der Waals surface area (Å²) in [6.45, 7) is 0.366. The molecule has 3 rings (SSSR count). The Bertz CT molecular complexity index is 878. The van der Waals surface area contributed by atoms with E-state index in [1.165, 1.54) is 22.7 Å². The van der Waals surface area contributed by atoms with Crippen LogP contribution in [0, 0.1) is 0 Å². The second-order valence-electron chi connectivity index (χ2n) is 5.12. The highest BCUT2D eigenvalue weighted by molar-refractivity contribution is 7.14. The van der Waals surface area contributed by atoms with E-state index in [9.17, 15) is 9.59 Å². The first-order valence-corrected chi connectivity index (χ1v) is 9.55. The summed E-state index contributed by atoms with van der Waals surface area (Å²) in [4.78, 5) is 28.9. The van der Waals surface area contributed by atoms with Crippen LogP contribution in [-0.4, -0.2) is 16.8 Å². The van der Waals surface area contributed by atoms with Gasteiger partial charge in [-0.1, -0.05) is 35.9 Å². The molecule has 0 aliphatic rings. The van der Waals surface area contributed by atoms with E-state index in [0.29, 0.717) is 27.3 Å². The molecule has 5 nitrogen and oxygen atoms in total. The summed E-state index contributed by atoms with van der Waals surface area (Å²) in [6.07, 6.45) is 0.149. The smallest absolute Gasteiger partial charge is 0.267 e. The molecule has 25 heavy (non-hydrogen) atoms. The van der Waals surface area contributed by atoms with Gasteiger partial charge in [-0.15, -0.1) is 22.7 Å². The molecule has 0 radical (unpaired) electrons. The van der Waals surface area contributed by atoms with E-state index in [2.05, 4.69) is 15.6 Å². The lowest BCUT2D eigenvalue weighted by Crippen LogP contribution is -2.24. The fourth-order valence-corrected chi connectivity index (χ4v) is 3.60. The Morgan fingerprint density at radius 2 is 1.96 bits per heavy atom. The predicted octanol–water partition coefficient (Wildman–Crippen LogP) is 3.97. The number of halogens is 1. The number of thiophene rings is 1. The van der Waals surface area contributed by atoms with Gasteiger partial charge in [-0.3, -0.25) is 14.9 Å². The van der Waals surface area contributed by atoms with Crippen molar-refractivity contribution >= 4 is 51.2 Å². The minimum absolute atomic E-state index is 0.149. The van der Waals surface area contributed by atoms with Crippen molar-refractivity contribution in [1.82, 2.24) is 10.3 Å². The van der Waals surface area contributed by atoms with Gasteiger partial charge in [0, 0.05) is 16.9 Å². The number of hydrogen-bond acceptors (Lipinski definition) is 5. The van der Waals surface area contributed by atoms with E-state index >= 15 is 0 Å². The molecule has 0 spiro atoms. The molecule has 8 heteroatoms. The lowest BCUT2D eigenvalue weighted by Gasteiger charge is -2.06. The highest BCUT2D eigenvalue weighted by Crippen LogP contribution is 2.18. The maximum atomic E-state index is 12.0. The molecule has 2 N–H and O–H groups in total. The first-order chi connectivity index (χ1) is 12.1. The molecule has 0 unspecified atom stereocenters. The Morgan fingerprint density at radius 3 is 2.72 bits per heavy atom. The molecule has 1 aromatic carbocycles. The molecular formula is C17H14ClN3O2S2. The maximum Gasteiger partial charge on any atom is 0.267 e. The van der Waals surface area contributed by atoms with Crippen LogP contribution in [0.25, 0.3) is 0 Å². The Kier molecular flexibility index (Phi) is 5.80. The van der Waals surface area contributed by atoms with Gasteiger partial charge < -0.3 is 5.32 Å². The third kappa shape index (κ3) is 4.88. The summed E-state index contributed by atoms with van der Waals surface area (Å²) in [5.41, 5.74) is 1.47. The van der Waals surface area contributed by atoms with E-state index in [1.807, 2.05) is 29.6 Å². The maximum absolute atomic E-state index is 12.0. The normalized spacial score (nSPS) is 10.4. The Morgan fingerprint density at radius 1 is 1.12 bits per heavy atom. The van der Waals surface area contributed by atoms with Crippen LogP contribution in [0.1, 0.15) is 20.9 Å². The van der Waals surface area contributed by atoms with Crippen molar-refractivity contribution in [1.29, 1.82) is 0 Å². The van der Waals surface area contributed by atoms with E-state index in [1.54, 1.807) is 17.5 Å². The zero-order valence-electron chi connectivity index (χ0n) is 13.0. The lowest BCUT2D eigenvalue weighted by molar-refractivity contribution is -0.120. The van der Waals surface area contributed by atoms with E-state index in [4.69, 9.17) is 11.6 Å². The minimum Gasteiger partial charge on any atom is -0.352 e. The quantitative estimate of drug-likeness (QED) is 0.667. The van der Waals surface area contributed by atoms with Gasteiger partial charge >= 0.3 is 0 Å². The first kappa shape index (κ1) is 17.6. The third-order valence-corrected chi connectivity index (χ3v) is 5.34. The molecule has 0 saturated carbocycles. The van der Waals surface area contributed by atoms with Crippen LogP contribution in [0.15, 0.2) is 47.2 Å². The molecule has 0 fully saturated rings. The number of anilines is 1. The van der Waals surface area contributed by atoms with Crippen LogP contribution >= 0.6 is 34.3 Å². The van der Waals surface area contributed by atoms with Crippen LogP contribution in [0.3, 0.4) is 0 Å². The fourth-order valence-electron chi connectivity index (χ4n) is 2.07. The van der Waals surface area contributed by atoms with E-state index < -0.39 is 0 Å². The van der Waals surface area contributed by atoms with Gasteiger partial charge in [-0.2, -0.15) is 0 Å². The van der Waals surface area contributed by atoms with Gasteiger partial charge in [0.15, 0.2) is 5.13 Å². The number of thiazole rings is 1. The Hall–Kier alpha value is -2.22. The molecule has 0 saturated heterocycles. The number of carbonyl (C=O) groups is 2. The largest absolute Gasteiger partial charge is 0.352 e. The monoisotopic (exact) mass is 391 g/mol. The first-order valence-electron chi connectivity index (χ1n) is 7.41. The van der Waals surface area contributed by atoms with Gasteiger partial charge in [-0.05, 0) is 23.1 Å². The average Bonchev–Trinajstić information content (AvgIpc) is 3.26. The third-order valence-electron chi connectivity index (χ3n) is 3.29. The van der Waals surface area contributed by atoms with Crippen LogP contribution in [0.4, 0.5) is 5.13 Å². The van der Waals surface area contributed by atoms with Crippen LogP contribution < -0.4 is 10.6 Å². The summed E-state index contributed by atoms with van der Waals surface area (Å²) in [6, 6.07) is 10.9. The second-order valence-corrected chi connectivity index (χ2v) is 7.33. The zero-order valence-corrected chi connectivity index (χ0v) is 15.4. The molecular weight excluding hydrogens is 378 g/mol. The van der Waals surface area contributed by atoms with Crippen molar-refractivity contribution in [3.63, 3.8) is 0 Å². The minimum atomic E-state index is -0.195. The molecule has 0 aliphatic heterocycles. The van der Waals surface area contributed by atoms with E-state index in [-0.39, 0.29) is 18.2 Å². The summed E-state index contributed by atoms with van der Waals surface area (Å²) < 4.78 is 0. The Balaban J connectivity index is 1.51. The predicted molar refractivity (Wildman–Crippen MR) is 101 cm³/mol. The second kappa shape index (κ2) is 8.24. The van der Waals surface area contributed by atoms with Crippen molar-refractivity contribution in [3.8, 4) is 0 Å². The number of rotatable bonds is 6. The van der Waals surface area contributed by atoms with Gasteiger partial charge in [0.2, 0.25) is 5.91 Å². The highest BCUT2D eigenvalue weighted by atomic mass is 35.5. The zero-order chi connectivity index (χ0) is 17.6. The number of aromatic nitrogens is 1. The molecule has 3 aromatic rings. The summed E-state index contributed by atoms with van der Waals surface area (Å²) in [5, 5.41) is 10.3. The average molecular weight is 392 g/mol. The summed E-state index contributed by atoms with van der Waals surface area (Å²) in [5.74, 6) is -0.347. The number of carbonyl (C=O) groups excluding carboxylic acids is 2. The van der Waals surface area contributed by atoms with Crippen molar-refractivity contribution < 1.29 is 9.59 Å². The number of hydrogen-bond donors (Lipinski definition) is 2. The molecule has 0 bridgehead atoms. The molecule has 128 valence electrons. The van der Waals surface area contributed by atoms with Gasteiger partial charge in [0.25, 0.3) is 5.91 Å². The van der Waals surface area contributed by atoms with Crippen molar-refractivity contribution in [2.24, 2.45) is 0 Å². The van der Waals surface area contributed by atoms with Crippen LogP contribution in [-0.2, 0) is 17.8 Å². The van der Waals surface area contributed by atoms with Crippen molar-refractivity contribution in [3.05, 3.63) is 68.3 Å². The molecule has 0 atom stereocenters. The van der Waals surface area contributed by atoms with Gasteiger partial charge in [-0.25, -0.2) is 4.98 Å². The summed E-state index contributed by atoms with van der Waals surface area (Å²) in [7, 11) is 0. The van der Waals surface area contributed by atoms with Gasteiger partial charge in [0.05, 0.1) is 17.0 Å². The molecule has 2 amide bonds.